The highest BCUT2D eigenvalue weighted by Crippen LogP contribution is 2.36. The number of ether oxygens (including phenoxy) is 3. The first-order chi connectivity index (χ1) is 12.6. The van der Waals surface area contributed by atoms with Gasteiger partial charge in [0, 0.05) is 12.6 Å². The molecule has 2 aromatic carbocycles. The summed E-state index contributed by atoms with van der Waals surface area (Å²) in [4.78, 5) is 0. The van der Waals surface area contributed by atoms with Gasteiger partial charge in [-0.1, -0.05) is 42.8 Å². The van der Waals surface area contributed by atoms with Gasteiger partial charge in [0.1, 0.15) is 12.7 Å². The molecule has 27 heavy (non-hydrogen) atoms. The van der Waals surface area contributed by atoms with E-state index in [4.69, 9.17) is 14.2 Å². The lowest BCUT2D eigenvalue weighted by Gasteiger charge is -2.21. The van der Waals surface area contributed by atoms with E-state index in [9.17, 15) is 5.11 Å². The highest BCUT2D eigenvalue weighted by molar-refractivity contribution is 5.85. The van der Waals surface area contributed by atoms with Crippen LogP contribution in [0, 0.1) is 6.92 Å². The van der Waals surface area contributed by atoms with Gasteiger partial charge in [-0.15, -0.1) is 12.4 Å². The third-order valence-electron chi connectivity index (χ3n) is 4.29. The zero-order valence-corrected chi connectivity index (χ0v) is 17.2. The maximum atomic E-state index is 10.3. The number of benzene rings is 2. The summed E-state index contributed by atoms with van der Waals surface area (Å²) in [6.07, 6.45) is 0.292. The van der Waals surface area contributed by atoms with E-state index in [0.717, 1.165) is 6.42 Å². The Labute approximate surface area is 168 Å². The topological polar surface area (TPSA) is 60.0 Å². The van der Waals surface area contributed by atoms with Gasteiger partial charge in [0.15, 0.2) is 11.5 Å². The quantitative estimate of drug-likeness (QED) is 0.638. The van der Waals surface area contributed by atoms with Crippen LogP contribution in [0.1, 0.15) is 30.5 Å². The van der Waals surface area contributed by atoms with Crippen LogP contribution >= 0.6 is 12.4 Å². The Morgan fingerprint density at radius 1 is 1.00 bits per heavy atom. The Hall–Kier alpha value is -1.95. The SMILES string of the molecule is CCC(NCC(O)COc1c(OC)cccc1OC)c1ccc(C)cc1.Cl. The summed E-state index contributed by atoms with van der Waals surface area (Å²) in [5.41, 5.74) is 2.46. The second-order valence-electron chi connectivity index (χ2n) is 6.24. The van der Waals surface area contributed by atoms with Crippen molar-refractivity contribution in [1.29, 1.82) is 0 Å². The van der Waals surface area contributed by atoms with Gasteiger partial charge in [0.05, 0.1) is 14.2 Å². The number of hydrogen-bond acceptors (Lipinski definition) is 5. The Balaban J connectivity index is 0.00000364. The average Bonchev–Trinajstić information content (AvgIpc) is 2.67. The van der Waals surface area contributed by atoms with Gasteiger partial charge in [-0.3, -0.25) is 0 Å². The first-order valence-corrected chi connectivity index (χ1v) is 8.90. The summed E-state index contributed by atoms with van der Waals surface area (Å²) in [7, 11) is 3.15. The first-order valence-electron chi connectivity index (χ1n) is 8.90. The molecule has 6 heteroatoms. The summed E-state index contributed by atoms with van der Waals surface area (Å²) in [6, 6.07) is 14.1. The van der Waals surface area contributed by atoms with E-state index >= 15 is 0 Å². The van der Waals surface area contributed by atoms with Crippen LogP contribution in [-0.4, -0.2) is 38.6 Å². The smallest absolute Gasteiger partial charge is 0.203 e. The molecule has 150 valence electrons. The molecule has 0 saturated heterocycles. The molecule has 0 aliphatic rings. The van der Waals surface area contributed by atoms with Crippen LogP contribution in [0.3, 0.4) is 0 Å². The molecule has 0 radical (unpaired) electrons. The average molecular weight is 396 g/mol. The van der Waals surface area contributed by atoms with Crippen LogP contribution in [0.2, 0.25) is 0 Å². The van der Waals surface area contributed by atoms with Gasteiger partial charge >= 0.3 is 0 Å². The van der Waals surface area contributed by atoms with Crippen LogP contribution in [0.4, 0.5) is 0 Å². The number of halogens is 1. The van der Waals surface area contributed by atoms with Gasteiger partial charge < -0.3 is 24.6 Å². The van der Waals surface area contributed by atoms with Crippen molar-refractivity contribution in [3.8, 4) is 17.2 Å². The third kappa shape index (κ3) is 6.61. The van der Waals surface area contributed by atoms with Gasteiger partial charge in [0.2, 0.25) is 5.75 Å². The molecular formula is C21H30ClNO4. The Morgan fingerprint density at radius 3 is 2.11 bits per heavy atom. The molecule has 0 aromatic heterocycles. The molecule has 0 heterocycles. The summed E-state index contributed by atoms with van der Waals surface area (Å²) in [5, 5.41) is 13.7. The third-order valence-corrected chi connectivity index (χ3v) is 4.29. The first kappa shape index (κ1) is 23.1. The molecule has 2 aromatic rings. The van der Waals surface area contributed by atoms with E-state index in [1.807, 2.05) is 6.07 Å². The molecule has 0 saturated carbocycles. The maximum Gasteiger partial charge on any atom is 0.203 e. The lowest BCUT2D eigenvalue weighted by Crippen LogP contribution is -2.33. The van der Waals surface area contributed by atoms with Crippen molar-refractivity contribution in [3.05, 3.63) is 53.6 Å². The minimum atomic E-state index is -0.649. The number of aliphatic hydroxyl groups is 1. The molecule has 0 fully saturated rings. The van der Waals surface area contributed by atoms with E-state index in [-0.39, 0.29) is 25.1 Å². The molecular weight excluding hydrogens is 366 g/mol. The van der Waals surface area contributed by atoms with Crippen molar-refractivity contribution in [2.45, 2.75) is 32.4 Å². The number of nitrogens with one attached hydrogen (secondary N) is 1. The summed E-state index contributed by atoms with van der Waals surface area (Å²) < 4.78 is 16.4. The molecule has 2 N–H and O–H groups in total. The Kier molecular flexibility index (Phi) is 10.0. The fraction of sp³-hybridized carbons (Fsp3) is 0.429. The molecule has 0 amide bonds. The lowest BCUT2D eigenvalue weighted by molar-refractivity contribution is 0.0998. The molecule has 0 bridgehead atoms. The van der Waals surface area contributed by atoms with Crippen molar-refractivity contribution in [2.75, 3.05) is 27.4 Å². The number of aliphatic hydroxyl groups excluding tert-OH is 1. The molecule has 5 nitrogen and oxygen atoms in total. The number of rotatable bonds is 10. The Morgan fingerprint density at radius 2 is 1.59 bits per heavy atom. The van der Waals surface area contributed by atoms with Gasteiger partial charge in [-0.2, -0.15) is 0 Å². The van der Waals surface area contributed by atoms with Gasteiger partial charge in [0.25, 0.3) is 0 Å². The van der Waals surface area contributed by atoms with Crippen molar-refractivity contribution in [2.24, 2.45) is 0 Å². The molecule has 2 unspecified atom stereocenters. The number of methoxy groups -OCH3 is 2. The van der Waals surface area contributed by atoms with Gasteiger partial charge in [-0.25, -0.2) is 0 Å². The van der Waals surface area contributed by atoms with Crippen LogP contribution in [0.5, 0.6) is 17.2 Å². The summed E-state index contributed by atoms with van der Waals surface area (Å²) in [5.74, 6) is 1.66. The molecule has 0 aliphatic heterocycles. The predicted octanol–water partition coefficient (Wildman–Crippen LogP) is 3.91. The predicted molar refractivity (Wildman–Crippen MR) is 111 cm³/mol. The Bertz CT molecular complexity index is 656. The molecule has 2 rings (SSSR count). The van der Waals surface area contributed by atoms with E-state index < -0.39 is 6.10 Å². The highest BCUT2D eigenvalue weighted by atomic mass is 35.5. The van der Waals surface area contributed by atoms with Crippen molar-refractivity contribution in [3.63, 3.8) is 0 Å². The van der Waals surface area contributed by atoms with Gasteiger partial charge in [-0.05, 0) is 31.0 Å². The summed E-state index contributed by atoms with van der Waals surface area (Å²) in [6.45, 7) is 4.78. The monoisotopic (exact) mass is 395 g/mol. The second-order valence-corrected chi connectivity index (χ2v) is 6.24. The minimum Gasteiger partial charge on any atom is -0.493 e. The van der Waals surface area contributed by atoms with Crippen LogP contribution in [0.25, 0.3) is 0 Å². The van der Waals surface area contributed by atoms with Crippen LogP contribution in [-0.2, 0) is 0 Å². The van der Waals surface area contributed by atoms with Crippen LogP contribution in [0.15, 0.2) is 42.5 Å². The van der Waals surface area contributed by atoms with Crippen molar-refractivity contribution in [1.82, 2.24) is 5.32 Å². The lowest BCUT2D eigenvalue weighted by atomic mass is 10.0. The van der Waals surface area contributed by atoms with Crippen molar-refractivity contribution < 1.29 is 19.3 Å². The number of para-hydroxylation sites is 1. The number of hydrogen-bond donors (Lipinski definition) is 2. The van der Waals surface area contributed by atoms with Crippen LogP contribution < -0.4 is 19.5 Å². The maximum absolute atomic E-state index is 10.3. The fourth-order valence-corrected chi connectivity index (χ4v) is 2.77. The zero-order valence-electron chi connectivity index (χ0n) is 16.4. The van der Waals surface area contributed by atoms with E-state index in [0.29, 0.717) is 23.8 Å². The van der Waals surface area contributed by atoms with E-state index in [2.05, 4.69) is 43.4 Å². The second kappa shape index (κ2) is 11.7. The number of aryl methyl sites for hydroxylation is 1. The minimum absolute atomic E-state index is 0. The largest absolute Gasteiger partial charge is 0.493 e. The van der Waals surface area contributed by atoms with Crippen molar-refractivity contribution >= 4 is 12.4 Å². The normalized spacial score (nSPS) is 12.6. The highest BCUT2D eigenvalue weighted by Gasteiger charge is 2.15. The molecule has 0 aliphatic carbocycles. The molecule has 2 atom stereocenters. The zero-order chi connectivity index (χ0) is 18.9. The van der Waals surface area contributed by atoms with E-state index in [1.165, 1.54) is 11.1 Å². The summed E-state index contributed by atoms with van der Waals surface area (Å²) >= 11 is 0. The van der Waals surface area contributed by atoms with E-state index in [1.54, 1.807) is 26.4 Å². The molecule has 0 spiro atoms. The fourth-order valence-electron chi connectivity index (χ4n) is 2.77. The standard InChI is InChI=1S/C21H29NO4.ClH/c1-5-18(16-11-9-15(2)10-12-16)22-13-17(23)14-26-21-19(24-3)7-6-8-20(21)25-4;/h6-12,17-18,22-23H,5,13-14H2,1-4H3;1H.